The SMILES string of the molecule is CN(C)CCCOCc1ccc2c(c1)=c1sc3c(c1C=CC=2)OC=C(OCc1ccccc1)C=3. The van der Waals surface area contributed by atoms with E-state index in [0.29, 0.717) is 13.2 Å². The van der Waals surface area contributed by atoms with Crippen LogP contribution in [0.4, 0.5) is 0 Å². The summed E-state index contributed by atoms with van der Waals surface area (Å²) in [6.07, 6.45) is 11.2. The molecular weight excluding hydrogens is 442 g/mol. The van der Waals surface area contributed by atoms with Crippen molar-refractivity contribution in [3.63, 3.8) is 0 Å². The highest BCUT2D eigenvalue weighted by Gasteiger charge is 2.15. The fourth-order valence-corrected chi connectivity index (χ4v) is 5.27. The Labute approximate surface area is 204 Å². The number of fused-ring (bicyclic) bond motifs is 4. The molecule has 0 fully saturated rings. The van der Waals surface area contributed by atoms with E-state index in [2.05, 4.69) is 73.6 Å². The summed E-state index contributed by atoms with van der Waals surface area (Å²) in [6, 6.07) is 16.8. The maximum Gasteiger partial charge on any atom is 0.156 e. The average Bonchev–Trinajstić information content (AvgIpc) is 3.11. The molecule has 0 spiro atoms. The molecule has 1 aliphatic carbocycles. The second kappa shape index (κ2) is 10.4. The minimum Gasteiger partial charge on any atom is -0.486 e. The molecule has 1 aliphatic heterocycles. The second-order valence-electron chi connectivity index (χ2n) is 8.75. The lowest BCUT2D eigenvalue weighted by Crippen LogP contribution is -2.14. The summed E-state index contributed by atoms with van der Waals surface area (Å²) >= 11 is 1.74. The average molecular weight is 472 g/mol. The molecule has 5 heteroatoms. The molecule has 0 unspecified atom stereocenters. The number of rotatable bonds is 9. The van der Waals surface area contributed by atoms with E-state index in [-0.39, 0.29) is 0 Å². The standard InChI is InChI=1S/C29H29NO3S/c1-30(2)14-7-15-31-18-22-12-13-23-10-6-11-25-28-27(34-29(25)26(23)16-22)17-24(20-33-28)32-19-21-8-4-3-5-9-21/h3-6,8-13,16-17,20H,7,14-15,18-19H2,1-2H3. The fourth-order valence-electron chi connectivity index (χ4n) is 4.07. The molecule has 1 aromatic heterocycles. The third-order valence-corrected chi connectivity index (χ3v) is 6.97. The van der Waals surface area contributed by atoms with Crippen LogP contribution in [0.1, 0.15) is 23.1 Å². The van der Waals surface area contributed by atoms with Crippen LogP contribution in [0, 0.1) is 9.75 Å². The van der Waals surface area contributed by atoms with Crippen molar-refractivity contribution in [1.82, 2.24) is 4.90 Å². The number of nitrogens with zero attached hydrogens (tertiary/aromatic N) is 1. The first-order valence-corrected chi connectivity index (χ1v) is 12.4. The van der Waals surface area contributed by atoms with E-state index >= 15 is 0 Å². The van der Waals surface area contributed by atoms with Gasteiger partial charge in [-0.25, -0.2) is 0 Å². The van der Waals surface area contributed by atoms with Gasteiger partial charge in [-0.3, -0.25) is 0 Å². The minimum absolute atomic E-state index is 0.516. The largest absolute Gasteiger partial charge is 0.486 e. The molecule has 0 bridgehead atoms. The zero-order valence-corrected chi connectivity index (χ0v) is 20.4. The van der Waals surface area contributed by atoms with Gasteiger partial charge in [0.2, 0.25) is 0 Å². The van der Waals surface area contributed by atoms with Crippen LogP contribution in [0.15, 0.2) is 66.6 Å². The van der Waals surface area contributed by atoms with Gasteiger partial charge in [0, 0.05) is 28.0 Å². The Balaban J connectivity index is 1.42. The first-order valence-electron chi connectivity index (χ1n) is 11.6. The summed E-state index contributed by atoms with van der Waals surface area (Å²) in [5, 5.41) is 2.43. The molecule has 4 nitrogen and oxygen atoms in total. The van der Waals surface area contributed by atoms with Gasteiger partial charge in [0.1, 0.15) is 12.9 Å². The van der Waals surface area contributed by atoms with Gasteiger partial charge in [-0.15, -0.1) is 11.3 Å². The van der Waals surface area contributed by atoms with Crippen molar-refractivity contribution in [2.45, 2.75) is 19.6 Å². The number of allylic oxidation sites excluding steroid dienone is 2. The first kappa shape index (κ1) is 22.7. The Bertz CT molecular complexity index is 1430. The molecule has 0 radical (unpaired) electrons. The molecule has 34 heavy (non-hydrogen) atoms. The molecule has 5 rings (SSSR count). The van der Waals surface area contributed by atoms with E-state index in [1.165, 1.54) is 20.5 Å². The molecule has 2 heterocycles. The van der Waals surface area contributed by atoms with Crippen LogP contribution in [0.25, 0.3) is 18.2 Å². The summed E-state index contributed by atoms with van der Waals surface area (Å²) in [4.78, 5) is 2.18. The second-order valence-corrected chi connectivity index (χ2v) is 9.80. The lowest BCUT2D eigenvalue weighted by molar-refractivity contribution is 0.113. The molecule has 0 N–H and O–H groups in total. The number of benzene rings is 2. The summed E-state index contributed by atoms with van der Waals surface area (Å²) in [5.41, 5.74) is 3.44. The topological polar surface area (TPSA) is 30.9 Å². The predicted octanol–water partition coefficient (Wildman–Crippen LogP) is 4.54. The van der Waals surface area contributed by atoms with Gasteiger partial charge in [0.15, 0.2) is 11.5 Å². The zero-order valence-electron chi connectivity index (χ0n) is 19.6. The molecule has 174 valence electrons. The van der Waals surface area contributed by atoms with Crippen molar-refractivity contribution in [3.8, 4) is 5.75 Å². The van der Waals surface area contributed by atoms with Crippen molar-refractivity contribution in [1.29, 1.82) is 0 Å². The smallest absolute Gasteiger partial charge is 0.156 e. The van der Waals surface area contributed by atoms with E-state index < -0.39 is 0 Å². The van der Waals surface area contributed by atoms with Crippen LogP contribution in [0.3, 0.4) is 0 Å². The van der Waals surface area contributed by atoms with E-state index in [0.717, 1.165) is 46.7 Å². The molecule has 2 aliphatic rings. The summed E-state index contributed by atoms with van der Waals surface area (Å²) < 4.78 is 20.3. The highest BCUT2D eigenvalue weighted by Crippen LogP contribution is 2.27. The Morgan fingerprint density at radius 3 is 2.74 bits per heavy atom. The van der Waals surface area contributed by atoms with Crippen LogP contribution >= 0.6 is 11.3 Å². The summed E-state index contributed by atoms with van der Waals surface area (Å²) in [7, 11) is 4.18. The van der Waals surface area contributed by atoms with E-state index in [1.54, 1.807) is 17.6 Å². The van der Waals surface area contributed by atoms with Gasteiger partial charge < -0.3 is 19.1 Å². The molecule has 0 saturated heterocycles. The number of ether oxygens (including phenoxy) is 3. The van der Waals surface area contributed by atoms with Crippen LogP contribution in [0.5, 0.6) is 5.75 Å². The predicted molar refractivity (Wildman–Crippen MR) is 138 cm³/mol. The quantitative estimate of drug-likeness (QED) is 0.429. The van der Waals surface area contributed by atoms with Gasteiger partial charge in [-0.1, -0.05) is 54.6 Å². The van der Waals surface area contributed by atoms with Crippen molar-refractivity contribution in [2.75, 3.05) is 27.2 Å². The highest BCUT2D eigenvalue weighted by molar-refractivity contribution is 7.08. The number of thiophene rings is 1. The highest BCUT2D eigenvalue weighted by atomic mass is 32.1. The summed E-state index contributed by atoms with van der Waals surface area (Å²) in [5.74, 6) is 1.64. The van der Waals surface area contributed by atoms with Crippen LogP contribution in [-0.2, 0) is 22.7 Å². The van der Waals surface area contributed by atoms with Crippen LogP contribution < -0.4 is 14.5 Å². The maximum absolute atomic E-state index is 6.07. The lowest BCUT2D eigenvalue weighted by atomic mass is 10.1. The zero-order chi connectivity index (χ0) is 23.3. The van der Waals surface area contributed by atoms with Gasteiger partial charge in [0.25, 0.3) is 0 Å². The van der Waals surface area contributed by atoms with Gasteiger partial charge in [-0.05, 0) is 55.5 Å². The van der Waals surface area contributed by atoms with Gasteiger partial charge in [-0.2, -0.15) is 0 Å². The van der Waals surface area contributed by atoms with Crippen molar-refractivity contribution in [3.05, 3.63) is 103 Å². The number of hydrogen-bond acceptors (Lipinski definition) is 5. The molecule has 3 aromatic rings. The summed E-state index contributed by atoms with van der Waals surface area (Å²) in [6.45, 7) is 2.94. The monoisotopic (exact) mass is 471 g/mol. The molecular formula is C29H29NO3S. The fraction of sp³-hybridized carbons (Fsp3) is 0.241. The Morgan fingerprint density at radius 1 is 1.00 bits per heavy atom. The third-order valence-electron chi connectivity index (χ3n) is 5.80. The normalized spacial score (nSPS) is 13.6. The van der Waals surface area contributed by atoms with Crippen LogP contribution in [0.2, 0.25) is 0 Å². The van der Waals surface area contributed by atoms with E-state index in [4.69, 9.17) is 14.2 Å². The molecule has 2 aromatic carbocycles. The maximum atomic E-state index is 6.07. The lowest BCUT2D eigenvalue weighted by Gasteiger charge is -2.11. The van der Waals surface area contributed by atoms with Crippen molar-refractivity contribution < 1.29 is 14.2 Å². The minimum atomic E-state index is 0.516. The van der Waals surface area contributed by atoms with Gasteiger partial charge >= 0.3 is 0 Å². The molecule has 0 amide bonds. The first-order chi connectivity index (χ1) is 16.7. The Hall–Kier alpha value is -3.12. The van der Waals surface area contributed by atoms with Crippen molar-refractivity contribution in [2.24, 2.45) is 0 Å². The van der Waals surface area contributed by atoms with E-state index in [9.17, 15) is 0 Å². The molecule has 0 atom stereocenters. The third kappa shape index (κ3) is 5.17. The Kier molecular flexibility index (Phi) is 6.95. The Morgan fingerprint density at radius 2 is 1.88 bits per heavy atom. The van der Waals surface area contributed by atoms with E-state index in [1.807, 2.05) is 18.2 Å². The van der Waals surface area contributed by atoms with Gasteiger partial charge in [0.05, 0.1) is 11.1 Å². The van der Waals surface area contributed by atoms with Crippen molar-refractivity contribution >= 4 is 29.6 Å². The number of hydrogen-bond donors (Lipinski definition) is 0. The van der Waals surface area contributed by atoms with Crippen LogP contribution in [-0.4, -0.2) is 32.1 Å². The molecule has 0 saturated carbocycles.